The molecule has 7 heteroatoms. The zero-order chi connectivity index (χ0) is 20.5. The lowest BCUT2D eigenvalue weighted by molar-refractivity contribution is 0.268. The van der Waals surface area contributed by atoms with Gasteiger partial charge in [0, 0.05) is 10.9 Å². The third kappa shape index (κ3) is 3.57. The number of fused-ring (bicyclic) bond motifs is 3. The fourth-order valence-electron chi connectivity index (χ4n) is 4.07. The molecule has 2 aromatic heterocycles. The number of hydrogen-bond acceptors (Lipinski definition) is 5. The van der Waals surface area contributed by atoms with E-state index in [1.807, 2.05) is 24.3 Å². The zero-order valence-corrected chi connectivity index (χ0v) is 16.6. The number of aromatic nitrogens is 4. The van der Waals surface area contributed by atoms with Crippen molar-refractivity contribution in [2.75, 3.05) is 13.1 Å². The molecule has 2 aromatic carbocycles. The van der Waals surface area contributed by atoms with E-state index >= 15 is 0 Å². The summed E-state index contributed by atoms with van der Waals surface area (Å²) in [6, 6.07) is 13.4. The van der Waals surface area contributed by atoms with Gasteiger partial charge in [0.2, 0.25) is 0 Å². The molecule has 0 amide bonds. The van der Waals surface area contributed by atoms with Crippen LogP contribution in [0.5, 0.6) is 0 Å². The van der Waals surface area contributed by atoms with Gasteiger partial charge in [-0.1, -0.05) is 25.0 Å². The van der Waals surface area contributed by atoms with E-state index in [2.05, 4.69) is 15.0 Å². The maximum absolute atomic E-state index is 13.4. The van der Waals surface area contributed by atoms with E-state index in [9.17, 15) is 9.18 Å². The van der Waals surface area contributed by atoms with Gasteiger partial charge >= 0.3 is 0 Å². The van der Waals surface area contributed by atoms with E-state index in [-0.39, 0.29) is 11.5 Å². The van der Waals surface area contributed by atoms with Crippen molar-refractivity contribution in [3.8, 4) is 11.3 Å². The summed E-state index contributed by atoms with van der Waals surface area (Å²) in [4.78, 5) is 24.4. The smallest absolute Gasteiger partial charge is 0.296 e. The van der Waals surface area contributed by atoms with Crippen LogP contribution < -0.4 is 5.56 Å². The summed E-state index contributed by atoms with van der Waals surface area (Å²) < 4.78 is 15.0. The van der Waals surface area contributed by atoms with E-state index in [1.165, 1.54) is 37.8 Å². The Bertz CT molecular complexity index is 1260. The van der Waals surface area contributed by atoms with E-state index < -0.39 is 5.56 Å². The number of para-hydroxylation sites is 1. The predicted octanol–water partition coefficient (Wildman–Crippen LogP) is 3.82. The maximum Gasteiger partial charge on any atom is 0.300 e. The lowest BCUT2D eigenvalue weighted by atomic mass is 10.1. The zero-order valence-electron chi connectivity index (χ0n) is 16.6. The first-order chi connectivity index (χ1) is 14.7. The van der Waals surface area contributed by atoms with Crippen LogP contribution in [0.3, 0.4) is 0 Å². The summed E-state index contributed by atoms with van der Waals surface area (Å²) in [6.45, 7) is 2.69. The Morgan fingerprint density at radius 3 is 2.40 bits per heavy atom. The van der Waals surface area contributed by atoms with E-state index in [4.69, 9.17) is 4.98 Å². The molecule has 0 radical (unpaired) electrons. The van der Waals surface area contributed by atoms with E-state index in [0.29, 0.717) is 17.8 Å². The minimum absolute atomic E-state index is 0.196. The monoisotopic (exact) mass is 403 g/mol. The van der Waals surface area contributed by atoms with Gasteiger partial charge in [0.1, 0.15) is 11.6 Å². The maximum atomic E-state index is 13.4. The first kappa shape index (κ1) is 18.8. The van der Waals surface area contributed by atoms with Crippen molar-refractivity contribution in [1.29, 1.82) is 0 Å². The van der Waals surface area contributed by atoms with Gasteiger partial charge in [0.15, 0.2) is 11.3 Å². The highest BCUT2D eigenvalue weighted by Gasteiger charge is 2.17. The third-order valence-corrected chi connectivity index (χ3v) is 5.63. The number of halogens is 1. The number of benzene rings is 2. The van der Waals surface area contributed by atoms with Crippen LogP contribution in [-0.2, 0) is 6.54 Å². The molecule has 4 aromatic rings. The predicted molar refractivity (Wildman–Crippen MR) is 114 cm³/mol. The normalized spacial score (nSPS) is 15.5. The first-order valence-corrected chi connectivity index (χ1v) is 10.4. The average Bonchev–Trinajstić information content (AvgIpc) is 3.03. The first-order valence-electron chi connectivity index (χ1n) is 10.4. The fourth-order valence-corrected chi connectivity index (χ4v) is 4.07. The molecule has 0 atom stereocenters. The Morgan fingerprint density at radius 2 is 1.63 bits per heavy atom. The van der Waals surface area contributed by atoms with Crippen molar-refractivity contribution in [3.05, 3.63) is 70.5 Å². The number of rotatable bonds is 3. The van der Waals surface area contributed by atoms with Crippen LogP contribution in [0.15, 0.2) is 53.3 Å². The molecule has 0 aliphatic carbocycles. The molecule has 152 valence electrons. The molecule has 1 aliphatic heterocycles. The second-order valence-corrected chi connectivity index (χ2v) is 7.74. The lowest BCUT2D eigenvalue weighted by Crippen LogP contribution is -2.27. The standard InChI is InChI=1S/C23H22FN5O/c24-17-11-9-16(10-12-17)21-23(30)26-22-18-7-3-4-8-19(18)25-20(29(22)27-21)15-28-13-5-1-2-6-14-28/h3-4,7-12H,1-2,5-6,13-15H2. The van der Waals surface area contributed by atoms with Crippen molar-refractivity contribution in [3.63, 3.8) is 0 Å². The summed E-state index contributed by atoms with van der Waals surface area (Å²) in [5.74, 6) is 0.392. The molecule has 1 fully saturated rings. The highest BCUT2D eigenvalue weighted by atomic mass is 19.1. The van der Waals surface area contributed by atoms with Crippen molar-refractivity contribution in [2.24, 2.45) is 0 Å². The van der Waals surface area contributed by atoms with Crippen LogP contribution in [0.2, 0.25) is 0 Å². The van der Waals surface area contributed by atoms with Gasteiger partial charge in [-0.25, -0.2) is 9.37 Å². The second kappa shape index (κ2) is 7.91. The molecule has 0 spiro atoms. The summed E-state index contributed by atoms with van der Waals surface area (Å²) in [5, 5.41) is 5.43. The van der Waals surface area contributed by atoms with Crippen LogP contribution in [-0.4, -0.2) is 37.6 Å². The third-order valence-electron chi connectivity index (χ3n) is 5.63. The molecule has 6 nitrogen and oxygen atoms in total. The van der Waals surface area contributed by atoms with E-state index in [1.54, 1.807) is 16.6 Å². The van der Waals surface area contributed by atoms with Gasteiger partial charge < -0.3 is 0 Å². The molecule has 0 unspecified atom stereocenters. The summed E-state index contributed by atoms with van der Waals surface area (Å²) in [7, 11) is 0. The highest BCUT2D eigenvalue weighted by molar-refractivity contribution is 5.91. The molecular formula is C23H22FN5O. The molecule has 0 N–H and O–H groups in total. The molecule has 5 rings (SSSR count). The Balaban J connectivity index is 1.70. The molecule has 30 heavy (non-hydrogen) atoms. The molecular weight excluding hydrogens is 381 g/mol. The summed E-state index contributed by atoms with van der Waals surface area (Å²) in [5.41, 5.74) is 1.60. The topological polar surface area (TPSA) is 63.4 Å². The summed E-state index contributed by atoms with van der Waals surface area (Å²) in [6.07, 6.45) is 4.86. The van der Waals surface area contributed by atoms with Gasteiger partial charge in [0.05, 0.1) is 12.1 Å². The van der Waals surface area contributed by atoms with Crippen LogP contribution in [0.4, 0.5) is 4.39 Å². The summed E-state index contributed by atoms with van der Waals surface area (Å²) >= 11 is 0. The fraction of sp³-hybridized carbons (Fsp3) is 0.304. The van der Waals surface area contributed by atoms with Crippen LogP contribution >= 0.6 is 0 Å². The second-order valence-electron chi connectivity index (χ2n) is 7.74. The van der Waals surface area contributed by atoms with E-state index in [0.717, 1.165) is 29.8 Å². The van der Waals surface area contributed by atoms with Crippen LogP contribution in [0.25, 0.3) is 27.8 Å². The van der Waals surface area contributed by atoms with Crippen molar-refractivity contribution in [2.45, 2.75) is 32.2 Å². The van der Waals surface area contributed by atoms with Gasteiger partial charge in [-0.3, -0.25) is 9.69 Å². The Morgan fingerprint density at radius 1 is 0.900 bits per heavy atom. The van der Waals surface area contributed by atoms with Crippen molar-refractivity contribution >= 4 is 16.6 Å². The van der Waals surface area contributed by atoms with Gasteiger partial charge in [-0.05, 0) is 62.3 Å². The largest absolute Gasteiger partial charge is 0.300 e. The molecule has 1 aliphatic rings. The molecule has 0 bridgehead atoms. The van der Waals surface area contributed by atoms with Crippen LogP contribution in [0, 0.1) is 5.82 Å². The molecule has 1 saturated heterocycles. The minimum Gasteiger partial charge on any atom is -0.296 e. The van der Waals surface area contributed by atoms with Gasteiger partial charge in [0.25, 0.3) is 5.56 Å². The van der Waals surface area contributed by atoms with Crippen molar-refractivity contribution < 1.29 is 4.39 Å². The Kier molecular flexibility index (Phi) is 4.96. The molecule has 3 heterocycles. The Hall–Kier alpha value is -3.19. The molecule has 0 saturated carbocycles. The number of likely N-dealkylation sites (tertiary alicyclic amines) is 1. The minimum atomic E-state index is -0.432. The van der Waals surface area contributed by atoms with Crippen molar-refractivity contribution in [1.82, 2.24) is 24.5 Å². The van der Waals surface area contributed by atoms with Gasteiger partial charge in [-0.2, -0.15) is 14.6 Å². The van der Waals surface area contributed by atoms with Crippen LogP contribution in [0.1, 0.15) is 31.5 Å². The number of nitrogens with zero attached hydrogens (tertiary/aromatic N) is 5. The Labute approximate surface area is 173 Å². The SMILES string of the molecule is O=c1nc2c3ccccc3nc(CN3CCCCCC3)n2nc1-c1ccc(F)cc1. The average molecular weight is 403 g/mol. The lowest BCUT2D eigenvalue weighted by Gasteiger charge is -2.20. The highest BCUT2D eigenvalue weighted by Crippen LogP contribution is 2.21. The number of hydrogen-bond donors (Lipinski definition) is 0. The van der Waals surface area contributed by atoms with Gasteiger partial charge in [-0.15, -0.1) is 0 Å². The quantitative estimate of drug-likeness (QED) is 0.487.